The summed E-state index contributed by atoms with van der Waals surface area (Å²) in [4.78, 5) is 0. The molecule has 0 saturated carbocycles. The van der Waals surface area contributed by atoms with Crippen molar-refractivity contribution in [3.8, 4) is 0 Å². The molecule has 0 spiro atoms. The lowest BCUT2D eigenvalue weighted by molar-refractivity contribution is 0.0128. The Morgan fingerprint density at radius 3 is 1.94 bits per heavy atom. The van der Waals surface area contributed by atoms with Crippen molar-refractivity contribution in [2.45, 2.75) is 32.9 Å². The van der Waals surface area contributed by atoms with Gasteiger partial charge in [0.05, 0.1) is 45.7 Å². The van der Waals surface area contributed by atoms with Gasteiger partial charge >= 0.3 is 0 Å². The van der Waals surface area contributed by atoms with Gasteiger partial charge in [-0.25, -0.2) is 0 Å². The molecular weight excluding hydrogens is 234 g/mol. The van der Waals surface area contributed by atoms with Crippen LogP contribution in [0.4, 0.5) is 0 Å². The molecule has 5 heteroatoms. The van der Waals surface area contributed by atoms with Crippen LogP contribution in [0.5, 0.6) is 0 Å². The molecule has 0 bridgehead atoms. The minimum absolute atomic E-state index is 0.212. The highest BCUT2D eigenvalue weighted by atomic mass is 16.5. The van der Waals surface area contributed by atoms with Crippen molar-refractivity contribution in [2.24, 2.45) is 0 Å². The van der Waals surface area contributed by atoms with Crippen molar-refractivity contribution in [1.29, 1.82) is 0 Å². The van der Waals surface area contributed by atoms with Crippen LogP contribution in [0.25, 0.3) is 0 Å². The van der Waals surface area contributed by atoms with Gasteiger partial charge in [0, 0.05) is 19.8 Å². The summed E-state index contributed by atoms with van der Waals surface area (Å²) in [6.07, 6.45) is 0. The van der Waals surface area contributed by atoms with Crippen molar-refractivity contribution in [3.63, 3.8) is 0 Å². The van der Waals surface area contributed by atoms with E-state index in [1.54, 1.807) is 7.11 Å². The van der Waals surface area contributed by atoms with Gasteiger partial charge in [0.1, 0.15) is 0 Å². The van der Waals surface area contributed by atoms with Crippen LogP contribution in [0.2, 0.25) is 0 Å². The average Bonchev–Trinajstić information content (AvgIpc) is 2.33. The van der Waals surface area contributed by atoms with Crippen molar-refractivity contribution < 1.29 is 18.9 Å². The Labute approximate surface area is 111 Å². The van der Waals surface area contributed by atoms with Gasteiger partial charge in [-0.2, -0.15) is 0 Å². The minimum atomic E-state index is 0.212. The van der Waals surface area contributed by atoms with Crippen LogP contribution in [0, 0.1) is 0 Å². The van der Waals surface area contributed by atoms with Crippen LogP contribution in [0.1, 0.15) is 20.8 Å². The molecule has 5 nitrogen and oxygen atoms in total. The van der Waals surface area contributed by atoms with Crippen molar-refractivity contribution in [3.05, 3.63) is 0 Å². The number of nitrogens with one attached hydrogen (secondary N) is 1. The summed E-state index contributed by atoms with van der Waals surface area (Å²) >= 11 is 0. The Hall–Kier alpha value is -0.200. The summed E-state index contributed by atoms with van der Waals surface area (Å²) in [6, 6.07) is 0.625. The second-order valence-electron chi connectivity index (χ2n) is 4.36. The molecule has 0 aliphatic rings. The lowest BCUT2D eigenvalue weighted by Gasteiger charge is -2.21. The number of rotatable bonds is 13. The topological polar surface area (TPSA) is 49.0 Å². The molecule has 0 aromatic heterocycles. The Morgan fingerprint density at radius 1 is 0.889 bits per heavy atom. The molecule has 0 radical (unpaired) electrons. The highest BCUT2D eigenvalue weighted by Gasteiger charge is 2.10. The first-order valence-corrected chi connectivity index (χ1v) is 6.68. The predicted molar refractivity (Wildman–Crippen MR) is 72.1 cm³/mol. The molecule has 0 aromatic carbocycles. The van der Waals surface area contributed by atoms with E-state index in [2.05, 4.69) is 19.2 Å². The largest absolute Gasteiger partial charge is 0.382 e. The molecule has 0 aliphatic heterocycles. The third kappa shape index (κ3) is 12.3. The summed E-state index contributed by atoms with van der Waals surface area (Å²) in [6.45, 7) is 10.7. The van der Waals surface area contributed by atoms with Gasteiger partial charge in [0.2, 0.25) is 0 Å². The van der Waals surface area contributed by atoms with E-state index in [0.29, 0.717) is 45.7 Å². The zero-order chi connectivity index (χ0) is 13.6. The molecule has 0 aliphatic carbocycles. The third-order valence-corrected chi connectivity index (χ3v) is 2.22. The van der Waals surface area contributed by atoms with Gasteiger partial charge in [-0.05, 0) is 6.92 Å². The summed E-state index contributed by atoms with van der Waals surface area (Å²) in [5.74, 6) is 0. The highest BCUT2D eigenvalue weighted by Crippen LogP contribution is 1.93. The molecule has 110 valence electrons. The second kappa shape index (κ2) is 13.2. The molecule has 0 heterocycles. The molecular formula is C13H29NO4. The van der Waals surface area contributed by atoms with Gasteiger partial charge in [0.25, 0.3) is 0 Å². The number of methoxy groups -OCH3 is 1. The summed E-state index contributed by atoms with van der Waals surface area (Å²) in [7, 11) is 1.67. The van der Waals surface area contributed by atoms with E-state index >= 15 is 0 Å². The molecule has 0 amide bonds. The fourth-order valence-electron chi connectivity index (χ4n) is 1.47. The summed E-state index contributed by atoms with van der Waals surface area (Å²) < 4.78 is 21.2. The zero-order valence-electron chi connectivity index (χ0n) is 12.2. The fraction of sp³-hybridized carbons (Fsp3) is 1.00. The van der Waals surface area contributed by atoms with Gasteiger partial charge in [-0.15, -0.1) is 0 Å². The predicted octanol–water partition coefficient (Wildman–Crippen LogP) is 1.07. The standard InChI is InChI=1S/C13H29NO4/c1-5-16-8-9-18-11-13(14-12(2)3)10-17-7-6-15-4/h12-14H,5-11H2,1-4H3. The van der Waals surface area contributed by atoms with Crippen molar-refractivity contribution in [1.82, 2.24) is 5.32 Å². The van der Waals surface area contributed by atoms with E-state index in [1.165, 1.54) is 0 Å². The normalized spacial score (nSPS) is 13.2. The van der Waals surface area contributed by atoms with E-state index in [0.717, 1.165) is 6.61 Å². The second-order valence-corrected chi connectivity index (χ2v) is 4.36. The van der Waals surface area contributed by atoms with Crippen molar-refractivity contribution in [2.75, 3.05) is 53.4 Å². The molecule has 1 atom stereocenters. The summed E-state index contributed by atoms with van der Waals surface area (Å²) in [5, 5.41) is 3.42. The lowest BCUT2D eigenvalue weighted by atomic mass is 10.3. The maximum Gasteiger partial charge on any atom is 0.0701 e. The fourth-order valence-corrected chi connectivity index (χ4v) is 1.47. The Balaban J connectivity index is 3.63. The van der Waals surface area contributed by atoms with E-state index in [1.807, 2.05) is 6.92 Å². The van der Waals surface area contributed by atoms with Crippen LogP contribution >= 0.6 is 0 Å². The first-order valence-electron chi connectivity index (χ1n) is 6.68. The monoisotopic (exact) mass is 263 g/mol. The van der Waals surface area contributed by atoms with Gasteiger partial charge in [-0.3, -0.25) is 0 Å². The SMILES string of the molecule is CCOCCOCC(COCCOC)NC(C)C. The molecule has 0 rings (SSSR count). The van der Waals surface area contributed by atoms with Crippen LogP contribution in [-0.2, 0) is 18.9 Å². The van der Waals surface area contributed by atoms with Crippen LogP contribution in [-0.4, -0.2) is 65.4 Å². The minimum Gasteiger partial charge on any atom is -0.382 e. The lowest BCUT2D eigenvalue weighted by Crippen LogP contribution is -2.42. The van der Waals surface area contributed by atoms with E-state index in [4.69, 9.17) is 18.9 Å². The maximum atomic E-state index is 5.56. The third-order valence-electron chi connectivity index (χ3n) is 2.22. The van der Waals surface area contributed by atoms with Gasteiger partial charge < -0.3 is 24.3 Å². The quantitative estimate of drug-likeness (QED) is 0.504. The first-order chi connectivity index (χ1) is 8.70. The number of hydrogen-bond acceptors (Lipinski definition) is 5. The zero-order valence-corrected chi connectivity index (χ0v) is 12.2. The first kappa shape index (κ1) is 17.8. The highest BCUT2D eigenvalue weighted by molar-refractivity contribution is 4.68. The Kier molecular flexibility index (Phi) is 13.1. The van der Waals surface area contributed by atoms with Gasteiger partial charge in [-0.1, -0.05) is 13.8 Å². The average molecular weight is 263 g/mol. The number of ether oxygens (including phenoxy) is 4. The summed E-state index contributed by atoms with van der Waals surface area (Å²) in [5.41, 5.74) is 0. The molecule has 18 heavy (non-hydrogen) atoms. The number of hydrogen-bond donors (Lipinski definition) is 1. The molecule has 0 saturated heterocycles. The molecule has 0 fully saturated rings. The van der Waals surface area contributed by atoms with Crippen molar-refractivity contribution >= 4 is 0 Å². The smallest absolute Gasteiger partial charge is 0.0701 e. The van der Waals surface area contributed by atoms with Crippen LogP contribution in [0.3, 0.4) is 0 Å². The Morgan fingerprint density at radius 2 is 1.44 bits per heavy atom. The molecule has 1 N–H and O–H groups in total. The molecule has 1 unspecified atom stereocenters. The van der Waals surface area contributed by atoms with Gasteiger partial charge in [0.15, 0.2) is 0 Å². The maximum absolute atomic E-state index is 5.56. The van der Waals surface area contributed by atoms with E-state index < -0.39 is 0 Å². The van der Waals surface area contributed by atoms with E-state index in [9.17, 15) is 0 Å². The molecule has 0 aromatic rings. The Bertz CT molecular complexity index is 167. The van der Waals surface area contributed by atoms with Crippen LogP contribution < -0.4 is 5.32 Å². The van der Waals surface area contributed by atoms with Crippen LogP contribution in [0.15, 0.2) is 0 Å². The van der Waals surface area contributed by atoms with E-state index in [-0.39, 0.29) is 6.04 Å².